The number of carbonyl (C=O) groups excluding carboxylic acids is 3. The smallest absolute Gasteiger partial charge is 0.328 e. The summed E-state index contributed by atoms with van der Waals surface area (Å²) in [6.45, 7) is 1.93. The number of hydrogen-bond acceptors (Lipinski definition) is 8. The van der Waals surface area contributed by atoms with Crippen LogP contribution >= 0.6 is 12.6 Å². The molecule has 12 heteroatoms. The Kier molecular flexibility index (Phi) is 9.95. The van der Waals surface area contributed by atoms with Crippen LogP contribution in [-0.4, -0.2) is 81.6 Å². The second-order valence-corrected chi connectivity index (χ2v) is 8.25. The average molecular weight is 483 g/mol. The van der Waals surface area contributed by atoms with E-state index in [2.05, 4.69) is 33.9 Å². The first-order valence-electron chi connectivity index (χ1n) is 10.6. The Morgan fingerprint density at radius 2 is 1.73 bits per heavy atom. The van der Waals surface area contributed by atoms with E-state index in [1.165, 1.54) is 19.1 Å². The molecule has 33 heavy (non-hydrogen) atoms. The molecule has 7 N–H and O–H groups in total. The molecular formula is C21H30N4O7S. The van der Waals surface area contributed by atoms with Gasteiger partial charge in [-0.25, -0.2) is 4.79 Å². The Labute approximate surface area is 196 Å². The number of amides is 3. The van der Waals surface area contributed by atoms with Crippen molar-refractivity contribution in [3.05, 3.63) is 29.8 Å². The Morgan fingerprint density at radius 1 is 1.09 bits per heavy atom. The number of phenolic OH excluding ortho intramolecular Hbond substituents is 1. The molecule has 182 valence electrons. The van der Waals surface area contributed by atoms with Crippen LogP contribution in [0.5, 0.6) is 5.75 Å². The van der Waals surface area contributed by atoms with Crippen molar-refractivity contribution in [2.45, 2.75) is 56.5 Å². The molecule has 1 fully saturated rings. The van der Waals surface area contributed by atoms with E-state index in [4.69, 9.17) is 0 Å². The summed E-state index contributed by atoms with van der Waals surface area (Å²) < 4.78 is 0. The van der Waals surface area contributed by atoms with Crippen LogP contribution in [-0.2, 0) is 25.6 Å². The molecular weight excluding hydrogens is 452 g/mol. The van der Waals surface area contributed by atoms with Crippen LogP contribution in [0.3, 0.4) is 0 Å². The van der Waals surface area contributed by atoms with Crippen LogP contribution in [0, 0.1) is 0 Å². The zero-order valence-electron chi connectivity index (χ0n) is 18.2. The molecule has 3 amide bonds. The van der Waals surface area contributed by atoms with Gasteiger partial charge in [0.2, 0.25) is 17.7 Å². The van der Waals surface area contributed by atoms with Crippen molar-refractivity contribution in [1.29, 1.82) is 0 Å². The summed E-state index contributed by atoms with van der Waals surface area (Å²) in [6.07, 6.45) is 0.0918. The number of aliphatic hydroxyl groups is 1. The Hall–Kier alpha value is -2.83. The number of carbonyl (C=O) groups is 4. The fourth-order valence-corrected chi connectivity index (χ4v) is 3.62. The van der Waals surface area contributed by atoms with E-state index in [1.54, 1.807) is 12.1 Å². The summed E-state index contributed by atoms with van der Waals surface area (Å²) in [6, 6.07) is 1.70. The number of hydrogen-bond donors (Lipinski definition) is 8. The third kappa shape index (κ3) is 7.91. The highest BCUT2D eigenvalue weighted by Crippen LogP contribution is 2.12. The molecule has 0 spiro atoms. The lowest BCUT2D eigenvalue weighted by Crippen LogP contribution is -2.59. The minimum absolute atomic E-state index is 0.0159. The molecule has 11 nitrogen and oxygen atoms in total. The largest absolute Gasteiger partial charge is 0.508 e. The van der Waals surface area contributed by atoms with Crippen molar-refractivity contribution in [1.82, 2.24) is 21.3 Å². The van der Waals surface area contributed by atoms with Gasteiger partial charge in [0.05, 0.1) is 12.1 Å². The Morgan fingerprint density at radius 3 is 2.24 bits per heavy atom. The first-order valence-corrected chi connectivity index (χ1v) is 11.2. The molecule has 0 aromatic heterocycles. The van der Waals surface area contributed by atoms with E-state index in [9.17, 15) is 34.5 Å². The van der Waals surface area contributed by atoms with Crippen LogP contribution in [0.15, 0.2) is 24.3 Å². The zero-order valence-corrected chi connectivity index (χ0v) is 19.0. The molecule has 0 bridgehead atoms. The van der Waals surface area contributed by atoms with Crippen molar-refractivity contribution in [2.75, 3.05) is 12.3 Å². The monoisotopic (exact) mass is 482 g/mol. The van der Waals surface area contributed by atoms with Crippen LogP contribution in [0.2, 0.25) is 0 Å². The van der Waals surface area contributed by atoms with E-state index in [-0.39, 0.29) is 23.8 Å². The van der Waals surface area contributed by atoms with Gasteiger partial charge in [-0.3, -0.25) is 14.4 Å². The van der Waals surface area contributed by atoms with Gasteiger partial charge in [0.1, 0.15) is 17.8 Å². The molecule has 1 aliphatic rings. The number of carboxylic acid groups (broad SMARTS) is 1. The maximum Gasteiger partial charge on any atom is 0.328 e. The van der Waals surface area contributed by atoms with E-state index in [0.29, 0.717) is 18.5 Å². The molecule has 0 radical (unpaired) electrons. The lowest BCUT2D eigenvalue weighted by molar-refractivity contribution is -0.145. The number of rotatable bonds is 11. The number of nitrogens with one attached hydrogen (secondary N) is 4. The third-order valence-electron chi connectivity index (χ3n) is 5.25. The number of aliphatic carboxylic acids is 1. The van der Waals surface area contributed by atoms with Crippen LogP contribution < -0.4 is 21.3 Å². The molecule has 0 aliphatic carbocycles. The van der Waals surface area contributed by atoms with E-state index in [1.807, 2.05) is 0 Å². The lowest BCUT2D eigenvalue weighted by Gasteiger charge is -2.25. The van der Waals surface area contributed by atoms with Gasteiger partial charge >= 0.3 is 5.97 Å². The molecule has 1 aromatic carbocycles. The second-order valence-electron chi connectivity index (χ2n) is 7.89. The number of benzene rings is 1. The normalized spacial score (nSPS) is 19.1. The third-order valence-corrected chi connectivity index (χ3v) is 5.61. The first kappa shape index (κ1) is 26.4. The van der Waals surface area contributed by atoms with Gasteiger partial charge in [0.25, 0.3) is 0 Å². The maximum atomic E-state index is 12.9. The van der Waals surface area contributed by atoms with Gasteiger partial charge in [-0.15, -0.1) is 0 Å². The summed E-state index contributed by atoms with van der Waals surface area (Å²) in [7, 11) is 0. The number of aliphatic hydroxyl groups excluding tert-OH is 1. The van der Waals surface area contributed by atoms with Gasteiger partial charge in [-0.2, -0.15) is 12.6 Å². The quantitative estimate of drug-likeness (QED) is 0.176. The second kappa shape index (κ2) is 12.4. The zero-order chi connectivity index (χ0) is 24.5. The topological polar surface area (TPSA) is 177 Å². The number of phenols is 1. The highest BCUT2D eigenvalue weighted by atomic mass is 32.1. The Bertz CT molecular complexity index is 844. The average Bonchev–Trinajstić information content (AvgIpc) is 3.31. The van der Waals surface area contributed by atoms with Gasteiger partial charge in [-0.05, 0) is 44.0 Å². The first-order chi connectivity index (χ1) is 15.6. The highest BCUT2D eigenvalue weighted by Gasteiger charge is 2.32. The van der Waals surface area contributed by atoms with Gasteiger partial charge in [0.15, 0.2) is 6.04 Å². The van der Waals surface area contributed by atoms with Gasteiger partial charge < -0.3 is 36.6 Å². The fourth-order valence-electron chi connectivity index (χ4n) is 3.37. The predicted molar refractivity (Wildman–Crippen MR) is 122 cm³/mol. The highest BCUT2D eigenvalue weighted by molar-refractivity contribution is 7.80. The minimum atomic E-state index is -1.58. The van der Waals surface area contributed by atoms with Gasteiger partial charge in [0, 0.05) is 12.2 Å². The van der Waals surface area contributed by atoms with Crippen molar-refractivity contribution in [3.8, 4) is 5.75 Å². The summed E-state index contributed by atoms with van der Waals surface area (Å²) in [5.41, 5.74) is 0.582. The van der Waals surface area contributed by atoms with Crippen LogP contribution in [0.25, 0.3) is 0 Å². The van der Waals surface area contributed by atoms with Crippen molar-refractivity contribution >= 4 is 36.3 Å². The molecule has 5 unspecified atom stereocenters. The van der Waals surface area contributed by atoms with Crippen molar-refractivity contribution in [3.63, 3.8) is 0 Å². The van der Waals surface area contributed by atoms with E-state index >= 15 is 0 Å². The molecule has 1 heterocycles. The number of thiol groups is 1. The maximum absolute atomic E-state index is 12.9. The van der Waals surface area contributed by atoms with Gasteiger partial charge in [-0.1, -0.05) is 12.1 Å². The standard InChI is InChI=1S/C21H30N4O7S/c1-11(26)17(21(31)32)25-19(29)15(9-12-4-6-13(27)7-5-12)23-20(30)16(10-33)24-18(28)14-3-2-8-22-14/h4-7,11,14-17,22,26-27,33H,2-3,8-10H2,1H3,(H,23,30)(H,24,28)(H,25,29)(H,31,32). The molecule has 5 atom stereocenters. The van der Waals surface area contributed by atoms with Crippen molar-refractivity contribution < 1.29 is 34.5 Å². The molecule has 1 saturated heterocycles. The number of carboxylic acids is 1. The lowest BCUT2D eigenvalue weighted by atomic mass is 10.0. The fraction of sp³-hybridized carbons (Fsp3) is 0.524. The van der Waals surface area contributed by atoms with E-state index < -0.39 is 48.1 Å². The molecule has 1 aliphatic heterocycles. The summed E-state index contributed by atoms with van der Waals surface area (Å²) in [5, 5.41) is 38.8. The predicted octanol–water partition coefficient (Wildman–Crippen LogP) is -1.46. The molecule has 0 saturated carbocycles. The molecule has 1 aromatic rings. The Balaban J connectivity index is 2.15. The van der Waals surface area contributed by atoms with E-state index in [0.717, 1.165) is 6.42 Å². The molecule has 2 rings (SSSR count). The van der Waals surface area contributed by atoms with Crippen LogP contribution in [0.1, 0.15) is 25.3 Å². The van der Waals surface area contributed by atoms with Crippen LogP contribution in [0.4, 0.5) is 0 Å². The summed E-state index contributed by atoms with van der Waals surface area (Å²) in [4.78, 5) is 49.4. The SMILES string of the molecule is CC(O)C(NC(=O)C(Cc1ccc(O)cc1)NC(=O)C(CS)NC(=O)C1CCCN1)C(=O)O. The minimum Gasteiger partial charge on any atom is -0.508 e. The number of aromatic hydroxyl groups is 1. The summed E-state index contributed by atoms with van der Waals surface area (Å²) >= 11 is 4.13. The van der Waals surface area contributed by atoms with Crippen molar-refractivity contribution in [2.24, 2.45) is 0 Å². The summed E-state index contributed by atoms with van der Waals surface area (Å²) in [5.74, 6) is -3.28.